The van der Waals surface area contributed by atoms with Crippen LogP contribution in [0.2, 0.25) is 0 Å². The molecule has 0 saturated heterocycles. The van der Waals surface area contributed by atoms with Crippen LogP contribution in [0.4, 0.5) is 0 Å². The third-order valence-electron chi connectivity index (χ3n) is 7.00. The highest BCUT2D eigenvalue weighted by Gasteiger charge is 2.41. The zero-order chi connectivity index (χ0) is 26.4. The highest BCUT2D eigenvalue weighted by atomic mass is 16.5. The van der Waals surface area contributed by atoms with E-state index in [-0.39, 0.29) is 36.7 Å². The van der Waals surface area contributed by atoms with Crippen LogP contribution in [0.3, 0.4) is 0 Å². The van der Waals surface area contributed by atoms with E-state index in [1.807, 2.05) is 13.8 Å². The minimum Gasteiger partial charge on any atom is -0.381 e. The molecular formula is C29H34N2O6. The number of rotatable bonds is 14. The number of carbonyl (C=O) groups is 4. The lowest BCUT2D eigenvalue weighted by molar-refractivity contribution is -0.0369. The molecule has 2 aliphatic rings. The van der Waals surface area contributed by atoms with E-state index < -0.39 is 5.41 Å². The quantitative estimate of drug-likeness (QED) is 0.282. The second-order valence-electron chi connectivity index (χ2n) is 9.72. The first-order chi connectivity index (χ1) is 17.9. The molecule has 0 fully saturated rings. The van der Waals surface area contributed by atoms with Gasteiger partial charge in [0.15, 0.2) is 0 Å². The number of ether oxygens (including phenoxy) is 2. The van der Waals surface area contributed by atoms with Crippen molar-refractivity contribution in [1.29, 1.82) is 0 Å². The van der Waals surface area contributed by atoms with Gasteiger partial charge in [0.2, 0.25) is 0 Å². The zero-order valence-electron chi connectivity index (χ0n) is 21.5. The summed E-state index contributed by atoms with van der Waals surface area (Å²) in [6, 6.07) is 13.7. The van der Waals surface area contributed by atoms with Crippen LogP contribution in [0.5, 0.6) is 0 Å². The van der Waals surface area contributed by atoms with Crippen LogP contribution in [0, 0.1) is 5.41 Å². The van der Waals surface area contributed by atoms with Crippen LogP contribution in [0.15, 0.2) is 48.5 Å². The van der Waals surface area contributed by atoms with Gasteiger partial charge in [-0.25, -0.2) is 0 Å². The molecule has 196 valence electrons. The number of imide groups is 2. The van der Waals surface area contributed by atoms with Crippen molar-refractivity contribution < 1.29 is 28.7 Å². The van der Waals surface area contributed by atoms with Gasteiger partial charge in [0.25, 0.3) is 23.6 Å². The summed E-state index contributed by atoms with van der Waals surface area (Å²) in [5.41, 5.74) is 1.04. The maximum atomic E-state index is 13.0. The van der Waals surface area contributed by atoms with Gasteiger partial charge < -0.3 is 9.47 Å². The van der Waals surface area contributed by atoms with Crippen LogP contribution in [-0.2, 0) is 9.47 Å². The third kappa shape index (κ3) is 5.50. The zero-order valence-corrected chi connectivity index (χ0v) is 21.5. The Morgan fingerprint density at radius 1 is 0.595 bits per heavy atom. The molecule has 0 spiro atoms. The number of benzene rings is 2. The van der Waals surface area contributed by atoms with Crippen molar-refractivity contribution in [2.24, 2.45) is 5.41 Å². The Hall–Kier alpha value is -3.36. The SMILES string of the molecule is CCCOCC(CCN1C(=O)c2ccccc2C1=O)(CCN1C(=O)c2ccccc2C1=O)COCCC. The molecule has 2 aromatic rings. The van der Waals surface area contributed by atoms with Crippen LogP contribution in [-0.4, -0.2) is 72.9 Å². The molecule has 0 saturated carbocycles. The lowest BCUT2D eigenvalue weighted by atomic mass is 9.82. The summed E-state index contributed by atoms with van der Waals surface area (Å²) in [4.78, 5) is 54.4. The molecule has 4 rings (SSSR count). The van der Waals surface area contributed by atoms with E-state index in [9.17, 15) is 19.2 Å². The molecule has 2 aliphatic heterocycles. The normalized spacial score (nSPS) is 15.1. The first kappa shape index (κ1) is 26.7. The Balaban J connectivity index is 1.53. The van der Waals surface area contributed by atoms with Gasteiger partial charge in [-0.05, 0) is 49.9 Å². The van der Waals surface area contributed by atoms with E-state index in [4.69, 9.17) is 9.47 Å². The Kier molecular flexibility index (Phi) is 8.51. The van der Waals surface area contributed by atoms with Crippen LogP contribution < -0.4 is 0 Å². The Bertz CT molecular complexity index is 1010. The molecule has 8 heteroatoms. The van der Waals surface area contributed by atoms with E-state index in [2.05, 4.69) is 0 Å². The second-order valence-corrected chi connectivity index (χ2v) is 9.72. The Morgan fingerprint density at radius 3 is 1.22 bits per heavy atom. The van der Waals surface area contributed by atoms with Gasteiger partial charge in [-0.1, -0.05) is 38.1 Å². The molecule has 0 bridgehead atoms. The molecule has 37 heavy (non-hydrogen) atoms. The monoisotopic (exact) mass is 506 g/mol. The van der Waals surface area contributed by atoms with Crippen molar-refractivity contribution in [3.8, 4) is 0 Å². The van der Waals surface area contributed by atoms with Crippen molar-refractivity contribution in [2.75, 3.05) is 39.5 Å². The van der Waals surface area contributed by atoms with E-state index in [0.29, 0.717) is 61.5 Å². The van der Waals surface area contributed by atoms with Gasteiger partial charge in [0, 0.05) is 31.7 Å². The van der Waals surface area contributed by atoms with Crippen LogP contribution in [0.1, 0.15) is 81.0 Å². The first-order valence-electron chi connectivity index (χ1n) is 13.0. The molecule has 0 N–H and O–H groups in total. The van der Waals surface area contributed by atoms with Crippen molar-refractivity contribution in [3.63, 3.8) is 0 Å². The minimum absolute atomic E-state index is 0.194. The highest BCUT2D eigenvalue weighted by molar-refractivity contribution is 6.22. The lowest BCUT2D eigenvalue weighted by Crippen LogP contribution is -2.42. The van der Waals surface area contributed by atoms with Gasteiger partial charge in [-0.15, -0.1) is 0 Å². The molecule has 0 atom stereocenters. The summed E-state index contributed by atoms with van der Waals surface area (Å²) in [5.74, 6) is -1.23. The molecule has 8 nitrogen and oxygen atoms in total. The van der Waals surface area contributed by atoms with Crippen molar-refractivity contribution in [2.45, 2.75) is 39.5 Å². The number of fused-ring (bicyclic) bond motifs is 2. The molecular weight excluding hydrogens is 472 g/mol. The summed E-state index contributed by atoms with van der Waals surface area (Å²) in [5, 5.41) is 0. The average Bonchev–Trinajstić information content (AvgIpc) is 3.31. The van der Waals surface area contributed by atoms with Crippen LogP contribution >= 0.6 is 0 Å². The van der Waals surface area contributed by atoms with Crippen molar-refractivity contribution in [1.82, 2.24) is 9.80 Å². The highest BCUT2D eigenvalue weighted by Crippen LogP contribution is 2.33. The molecule has 2 heterocycles. The molecule has 2 aromatic carbocycles. The summed E-state index contributed by atoms with van der Waals surface area (Å²) in [6.45, 7) is 6.19. The fourth-order valence-corrected chi connectivity index (χ4v) is 4.90. The topological polar surface area (TPSA) is 93.2 Å². The van der Waals surface area contributed by atoms with E-state index in [0.717, 1.165) is 12.8 Å². The van der Waals surface area contributed by atoms with Crippen molar-refractivity contribution >= 4 is 23.6 Å². The maximum absolute atomic E-state index is 13.0. The van der Waals surface area contributed by atoms with Gasteiger partial charge >= 0.3 is 0 Å². The van der Waals surface area contributed by atoms with Gasteiger partial charge in [0.1, 0.15) is 0 Å². The summed E-state index contributed by atoms with van der Waals surface area (Å²) < 4.78 is 12.0. The largest absolute Gasteiger partial charge is 0.381 e. The van der Waals surface area contributed by atoms with Gasteiger partial charge in [-0.2, -0.15) is 0 Å². The lowest BCUT2D eigenvalue weighted by Gasteiger charge is -2.35. The predicted octanol–water partition coefficient (Wildman–Crippen LogP) is 4.20. The van der Waals surface area contributed by atoms with E-state index in [1.54, 1.807) is 48.5 Å². The standard InChI is InChI=1S/C29H34N2O6/c1-3-17-36-19-29(20-37-18-4-2,13-15-30-25(32)21-9-5-6-10-22(21)26(30)33)14-16-31-27(34)23-11-7-8-12-24(23)28(31)35/h5-12H,3-4,13-20H2,1-2H3. The summed E-state index contributed by atoms with van der Waals surface area (Å²) >= 11 is 0. The second kappa shape index (κ2) is 11.8. The summed E-state index contributed by atoms with van der Waals surface area (Å²) in [6.07, 6.45) is 2.52. The number of nitrogens with zero attached hydrogens (tertiary/aromatic N) is 2. The van der Waals surface area contributed by atoms with Gasteiger partial charge in [-0.3, -0.25) is 29.0 Å². The average molecular weight is 507 g/mol. The Labute approximate surface area is 217 Å². The van der Waals surface area contributed by atoms with E-state index in [1.165, 1.54) is 9.80 Å². The van der Waals surface area contributed by atoms with Crippen LogP contribution in [0.25, 0.3) is 0 Å². The smallest absolute Gasteiger partial charge is 0.261 e. The van der Waals surface area contributed by atoms with Crippen molar-refractivity contribution in [3.05, 3.63) is 70.8 Å². The van der Waals surface area contributed by atoms with Gasteiger partial charge in [0.05, 0.1) is 35.5 Å². The number of hydrogen-bond donors (Lipinski definition) is 0. The summed E-state index contributed by atoms with van der Waals surface area (Å²) in [7, 11) is 0. The Morgan fingerprint density at radius 2 is 0.919 bits per heavy atom. The molecule has 0 aromatic heterocycles. The number of carbonyl (C=O) groups excluding carboxylic acids is 4. The molecule has 0 unspecified atom stereocenters. The number of hydrogen-bond acceptors (Lipinski definition) is 6. The maximum Gasteiger partial charge on any atom is 0.261 e. The molecule has 4 amide bonds. The minimum atomic E-state index is -0.602. The predicted molar refractivity (Wildman–Crippen MR) is 138 cm³/mol. The number of amides is 4. The fourth-order valence-electron chi connectivity index (χ4n) is 4.90. The van der Waals surface area contributed by atoms with E-state index >= 15 is 0 Å². The third-order valence-corrected chi connectivity index (χ3v) is 7.00. The first-order valence-corrected chi connectivity index (χ1v) is 13.0. The molecule has 0 aliphatic carbocycles. The molecule has 0 radical (unpaired) electrons. The fraction of sp³-hybridized carbons (Fsp3) is 0.448.